The summed E-state index contributed by atoms with van der Waals surface area (Å²) >= 11 is 0. The molecule has 0 aliphatic heterocycles. The number of imide groups is 2. The number of rotatable bonds is 17. The molecule has 0 fully saturated rings. The Morgan fingerprint density at radius 1 is 0.894 bits per heavy atom. The van der Waals surface area contributed by atoms with E-state index in [2.05, 4.69) is 16.0 Å². The molecule has 0 radical (unpaired) electrons. The summed E-state index contributed by atoms with van der Waals surface area (Å²) in [6.45, 7) is 5.45. The first-order valence-electron chi connectivity index (χ1n) is 15.4. The number of aliphatic hydroxyl groups excluding tert-OH is 2. The maximum Gasteiger partial charge on any atom is 0.417 e. The predicted molar refractivity (Wildman–Crippen MR) is 170 cm³/mol. The van der Waals surface area contributed by atoms with Crippen molar-refractivity contribution in [2.45, 2.75) is 96.5 Å². The lowest BCUT2D eigenvalue weighted by molar-refractivity contribution is -0.141. The van der Waals surface area contributed by atoms with Gasteiger partial charge in [0.15, 0.2) is 0 Å². The predicted octanol–water partition coefficient (Wildman–Crippen LogP) is -0.834. The molecule has 0 aliphatic rings. The molecule has 0 heterocycles. The van der Waals surface area contributed by atoms with Gasteiger partial charge in [-0.15, -0.1) is 0 Å². The largest absolute Gasteiger partial charge is 0.508 e. The van der Waals surface area contributed by atoms with Gasteiger partial charge in [-0.3, -0.25) is 29.3 Å². The standard InChI is InChI=1S/C31H50N6O10/c1-18(35-27(43)23(32)17-39)29(45)37(30(46)47-31(3,4)5)19(2)26(42)34-15-21(16-38)25(33)28(44)36-24(41)10-8-6-7-9-20-11-13-22(40)14-12-20/h11-14,18-19,21,23,25,38-40H,6-10,15-17,32-33H2,1-5H3,(H,34,42)(H,35,43)(H,36,41,44)/t18-,19-,21?,23-,25?/m0/s1. The monoisotopic (exact) mass is 666 g/mol. The number of aromatic hydroxyl groups is 1. The molecule has 5 atom stereocenters. The van der Waals surface area contributed by atoms with E-state index in [4.69, 9.17) is 21.3 Å². The normalized spacial score (nSPS) is 14.5. The summed E-state index contributed by atoms with van der Waals surface area (Å²) in [4.78, 5) is 76.8. The smallest absolute Gasteiger partial charge is 0.417 e. The highest BCUT2D eigenvalue weighted by molar-refractivity contribution is 6.01. The summed E-state index contributed by atoms with van der Waals surface area (Å²) in [5.74, 6) is -4.98. The third kappa shape index (κ3) is 14.5. The molecule has 264 valence electrons. The van der Waals surface area contributed by atoms with E-state index >= 15 is 0 Å². The van der Waals surface area contributed by atoms with Gasteiger partial charge in [0.05, 0.1) is 12.6 Å². The molecule has 47 heavy (non-hydrogen) atoms. The van der Waals surface area contributed by atoms with Gasteiger partial charge in [-0.1, -0.05) is 18.6 Å². The van der Waals surface area contributed by atoms with E-state index in [0.717, 1.165) is 24.8 Å². The molecule has 0 spiro atoms. The van der Waals surface area contributed by atoms with E-state index in [1.54, 1.807) is 32.9 Å². The zero-order valence-electron chi connectivity index (χ0n) is 27.7. The van der Waals surface area contributed by atoms with Crippen LogP contribution in [-0.4, -0.2) is 105 Å². The average Bonchev–Trinajstić information content (AvgIpc) is 3.00. The molecule has 0 bridgehead atoms. The van der Waals surface area contributed by atoms with Crippen LogP contribution in [0.5, 0.6) is 5.75 Å². The molecule has 10 N–H and O–H groups in total. The van der Waals surface area contributed by atoms with Crippen LogP contribution in [0.1, 0.15) is 65.9 Å². The molecular formula is C31H50N6O10. The van der Waals surface area contributed by atoms with Gasteiger partial charge >= 0.3 is 6.09 Å². The topological polar surface area (TPSA) is 264 Å². The number of phenols is 1. The Morgan fingerprint density at radius 3 is 2.06 bits per heavy atom. The van der Waals surface area contributed by atoms with Crippen molar-refractivity contribution >= 4 is 35.6 Å². The number of carbonyl (C=O) groups is 6. The second-order valence-corrected chi connectivity index (χ2v) is 12.2. The van der Waals surface area contributed by atoms with Gasteiger partial charge in [0.25, 0.3) is 5.91 Å². The summed E-state index contributed by atoms with van der Waals surface area (Å²) in [6.07, 6.45) is 1.72. The summed E-state index contributed by atoms with van der Waals surface area (Å²) in [6, 6.07) is 1.31. The summed E-state index contributed by atoms with van der Waals surface area (Å²) < 4.78 is 5.29. The number of amides is 6. The van der Waals surface area contributed by atoms with Crippen LogP contribution in [0, 0.1) is 5.92 Å². The number of benzene rings is 1. The number of nitrogens with one attached hydrogen (secondary N) is 3. The van der Waals surface area contributed by atoms with Crippen molar-refractivity contribution in [3.05, 3.63) is 29.8 Å². The minimum atomic E-state index is -1.48. The van der Waals surface area contributed by atoms with Crippen LogP contribution in [-0.2, 0) is 35.1 Å². The van der Waals surface area contributed by atoms with Gasteiger partial charge < -0.3 is 42.2 Å². The molecule has 16 heteroatoms. The third-order valence-corrected chi connectivity index (χ3v) is 7.01. The number of aliphatic hydroxyl groups is 2. The zero-order chi connectivity index (χ0) is 35.9. The van der Waals surface area contributed by atoms with Gasteiger partial charge in [-0.2, -0.15) is 0 Å². The number of nitrogens with two attached hydrogens (primary N) is 2. The lowest BCUT2D eigenvalue weighted by Gasteiger charge is -2.32. The van der Waals surface area contributed by atoms with E-state index in [1.165, 1.54) is 13.8 Å². The van der Waals surface area contributed by atoms with E-state index in [0.29, 0.717) is 11.3 Å². The maximum absolute atomic E-state index is 13.2. The van der Waals surface area contributed by atoms with Crippen molar-refractivity contribution in [2.75, 3.05) is 19.8 Å². The molecule has 0 saturated carbocycles. The van der Waals surface area contributed by atoms with Crippen molar-refractivity contribution in [1.29, 1.82) is 0 Å². The number of ether oxygens (including phenoxy) is 1. The van der Waals surface area contributed by atoms with Crippen LogP contribution in [0.15, 0.2) is 24.3 Å². The van der Waals surface area contributed by atoms with Gasteiger partial charge in [0, 0.05) is 25.5 Å². The highest BCUT2D eigenvalue weighted by Crippen LogP contribution is 2.15. The van der Waals surface area contributed by atoms with Crippen molar-refractivity contribution in [3.8, 4) is 5.75 Å². The van der Waals surface area contributed by atoms with E-state index in [1.807, 2.05) is 12.1 Å². The fourth-order valence-corrected chi connectivity index (χ4v) is 4.18. The molecule has 1 aromatic rings. The second-order valence-electron chi connectivity index (χ2n) is 12.2. The first-order valence-corrected chi connectivity index (χ1v) is 15.4. The van der Waals surface area contributed by atoms with Crippen molar-refractivity contribution in [2.24, 2.45) is 17.4 Å². The fraction of sp³-hybridized carbons (Fsp3) is 0.613. The number of nitrogens with zero attached hydrogens (tertiary/aromatic N) is 1. The highest BCUT2D eigenvalue weighted by atomic mass is 16.6. The van der Waals surface area contributed by atoms with Crippen molar-refractivity contribution in [3.63, 3.8) is 0 Å². The summed E-state index contributed by atoms with van der Waals surface area (Å²) in [5.41, 5.74) is 11.5. The number of hydrogen-bond donors (Lipinski definition) is 8. The second kappa shape index (κ2) is 19.5. The Balaban J connectivity index is 2.75. The Labute approximate surface area is 274 Å². The molecule has 6 amide bonds. The SMILES string of the molecule is C[C@H](NC(=O)[C@@H](N)CO)C(=O)N(C(=O)OC(C)(C)C)[C@@H](C)C(=O)NCC(CO)C(N)C(=O)NC(=O)CCCCCc1ccc(O)cc1. The molecular weight excluding hydrogens is 616 g/mol. The number of hydrogen-bond acceptors (Lipinski definition) is 12. The quantitative estimate of drug-likeness (QED) is 0.0947. The maximum atomic E-state index is 13.2. The van der Waals surface area contributed by atoms with Crippen LogP contribution < -0.4 is 27.4 Å². The highest BCUT2D eigenvalue weighted by Gasteiger charge is 2.38. The Hall–Kier alpha value is -4.12. The third-order valence-electron chi connectivity index (χ3n) is 7.01. The Kier molecular flexibility index (Phi) is 17.0. The van der Waals surface area contributed by atoms with Gasteiger partial charge in [-0.25, -0.2) is 9.69 Å². The molecule has 1 rings (SSSR count). The van der Waals surface area contributed by atoms with E-state index < -0.39 is 84.5 Å². The lowest BCUT2D eigenvalue weighted by Crippen LogP contribution is -2.59. The minimum absolute atomic E-state index is 0.0748. The van der Waals surface area contributed by atoms with Crippen LogP contribution in [0.3, 0.4) is 0 Å². The van der Waals surface area contributed by atoms with Crippen LogP contribution >= 0.6 is 0 Å². The first-order chi connectivity index (χ1) is 21.9. The van der Waals surface area contributed by atoms with Crippen LogP contribution in [0.4, 0.5) is 4.79 Å². The molecule has 1 aromatic carbocycles. The first kappa shape index (κ1) is 40.9. The number of phenolic OH excluding ortho intramolecular Hbond substituents is 1. The lowest BCUT2D eigenvalue weighted by atomic mass is 10.00. The fourth-order valence-electron chi connectivity index (χ4n) is 4.18. The Bertz CT molecular complexity index is 1220. The molecule has 16 nitrogen and oxygen atoms in total. The van der Waals surface area contributed by atoms with Gasteiger partial charge in [0.2, 0.25) is 23.6 Å². The molecule has 2 unspecified atom stereocenters. The van der Waals surface area contributed by atoms with Crippen LogP contribution in [0.25, 0.3) is 0 Å². The molecule has 0 saturated heterocycles. The number of carbonyl (C=O) groups excluding carboxylic acids is 6. The summed E-state index contributed by atoms with van der Waals surface area (Å²) in [7, 11) is 0. The van der Waals surface area contributed by atoms with E-state index in [9.17, 15) is 39.0 Å². The van der Waals surface area contributed by atoms with Crippen LogP contribution in [0.2, 0.25) is 0 Å². The van der Waals surface area contributed by atoms with E-state index in [-0.39, 0.29) is 18.7 Å². The minimum Gasteiger partial charge on any atom is -0.508 e. The Morgan fingerprint density at radius 2 is 1.51 bits per heavy atom. The molecule has 0 aromatic heterocycles. The zero-order valence-corrected chi connectivity index (χ0v) is 27.7. The average molecular weight is 667 g/mol. The number of unbranched alkanes of at least 4 members (excludes halogenated alkanes) is 2. The number of aryl methyl sites for hydroxylation is 1. The molecule has 0 aliphatic carbocycles. The van der Waals surface area contributed by atoms with Crippen molar-refractivity contribution in [1.82, 2.24) is 20.9 Å². The van der Waals surface area contributed by atoms with Crippen molar-refractivity contribution < 1.29 is 48.8 Å². The van der Waals surface area contributed by atoms with Gasteiger partial charge in [-0.05, 0) is 71.6 Å². The van der Waals surface area contributed by atoms with Gasteiger partial charge in [0.1, 0.15) is 29.5 Å². The summed E-state index contributed by atoms with van der Waals surface area (Å²) in [5, 5.41) is 35.2.